The number of nitrogens with zero attached hydrogens (tertiary/aromatic N) is 3. The molecule has 1 N–H and O–H groups in total. The molecule has 0 radical (unpaired) electrons. The van der Waals surface area contributed by atoms with Gasteiger partial charge in [-0.05, 0) is 30.9 Å². The first-order chi connectivity index (χ1) is 10.3. The van der Waals surface area contributed by atoms with Crippen LogP contribution < -0.4 is 0 Å². The summed E-state index contributed by atoms with van der Waals surface area (Å²) in [4.78, 5) is 20.4. The summed E-state index contributed by atoms with van der Waals surface area (Å²) in [6, 6.07) is 3.93. The van der Waals surface area contributed by atoms with Crippen molar-refractivity contribution in [3.8, 4) is 0 Å². The van der Waals surface area contributed by atoms with E-state index >= 15 is 0 Å². The Balaban J connectivity index is 1.80. The first kappa shape index (κ1) is 15.9. The molecule has 1 aromatic heterocycles. The van der Waals surface area contributed by atoms with Crippen molar-refractivity contribution in [2.24, 2.45) is 0 Å². The number of carbonyl (C=O) groups is 1. The molecule has 0 aromatic carbocycles. The highest BCUT2D eigenvalue weighted by atomic mass is 16.3. The SMILES string of the molecule is O=C(CCN(CCO)Cc1cccnc1)N1CCCCC1. The van der Waals surface area contributed by atoms with Crippen LogP contribution in [0.5, 0.6) is 0 Å². The average Bonchev–Trinajstić information content (AvgIpc) is 2.54. The van der Waals surface area contributed by atoms with Gasteiger partial charge in [0.2, 0.25) is 5.91 Å². The zero-order chi connectivity index (χ0) is 14.9. The predicted octanol–water partition coefficient (Wildman–Crippen LogP) is 1.28. The van der Waals surface area contributed by atoms with E-state index < -0.39 is 0 Å². The average molecular weight is 291 g/mol. The highest BCUT2D eigenvalue weighted by molar-refractivity contribution is 5.76. The standard InChI is InChI=1S/C16H25N3O2/c20-12-11-18(14-15-5-4-7-17-13-15)10-6-16(21)19-8-2-1-3-9-19/h4-5,7,13,20H,1-3,6,8-12,14H2. The molecule has 1 saturated heterocycles. The topological polar surface area (TPSA) is 56.7 Å². The van der Waals surface area contributed by atoms with Gasteiger partial charge in [0.15, 0.2) is 0 Å². The minimum atomic E-state index is 0.109. The highest BCUT2D eigenvalue weighted by Crippen LogP contribution is 2.11. The molecule has 2 heterocycles. The van der Waals surface area contributed by atoms with E-state index in [1.807, 2.05) is 23.2 Å². The molecule has 1 aromatic rings. The van der Waals surface area contributed by atoms with Crippen LogP contribution >= 0.6 is 0 Å². The summed E-state index contributed by atoms with van der Waals surface area (Å²) in [6.45, 7) is 3.91. The maximum atomic E-state index is 12.2. The zero-order valence-electron chi connectivity index (χ0n) is 12.6. The van der Waals surface area contributed by atoms with Crippen molar-refractivity contribution in [3.05, 3.63) is 30.1 Å². The summed E-state index contributed by atoms with van der Waals surface area (Å²) in [5.41, 5.74) is 1.11. The van der Waals surface area contributed by atoms with Gasteiger partial charge in [-0.25, -0.2) is 0 Å². The second kappa shape index (κ2) is 8.74. The van der Waals surface area contributed by atoms with E-state index in [1.165, 1.54) is 6.42 Å². The number of carbonyl (C=O) groups excluding carboxylic acids is 1. The summed E-state index contributed by atoms with van der Waals surface area (Å²) < 4.78 is 0. The Morgan fingerprint density at radius 3 is 2.76 bits per heavy atom. The zero-order valence-corrected chi connectivity index (χ0v) is 12.6. The van der Waals surface area contributed by atoms with E-state index in [9.17, 15) is 9.90 Å². The largest absolute Gasteiger partial charge is 0.395 e. The smallest absolute Gasteiger partial charge is 0.223 e. The van der Waals surface area contributed by atoms with Crippen molar-refractivity contribution in [1.29, 1.82) is 0 Å². The van der Waals surface area contributed by atoms with Crippen LogP contribution in [-0.2, 0) is 11.3 Å². The lowest BCUT2D eigenvalue weighted by Gasteiger charge is -2.28. The fraction of sp³-hybridized carbons (Fsp3) is 0.625. The molecule has 5 nitrogen and oxygen atoms in total. The van der Waals surface area contributed by atoms with E-state index in [-0.39, 0.29) is 12.5 Å². The Morgan fingerprint density at radius 2 is 2.10 bits per heavy atom. The Morgan fingerprint density at radius 1 is 1.29 bits per heavy atom. The maximum absolute atomic E-state index is 12.2. The number of pyridine rings is 1. The Labute approximate surface area is 126 Å². The van der Waals surface area contributed by atoms with Crippen molar-refractivity contribution in [2.45, 2.75) is 32.2 Å². The van der Waals surface area contributed by atoms with Gasteiger partial charge in [-0.2, -0.15) is 0 Å². The van der Waals surface area contributed by atoms with Gasteiger partial charge in [-0.1, -0.05) is 6.07 Å². The van der Waals surface area contributed by atoms with Crippen molar-refractivity contribution in [1.82, 2.24) is 14.8 Å². The summed E-state index contributed by atoms with van der Waals surface area (Å²) in [6.07, 6.45) is 7.60. The van der Waals surface area contributed by atoms with Gasteiger partial charge in [0.25, 0.3) is 0 Å². The van der Waals surface area contributed by atoms with Crippen molar-refractivity contribution < 1.29 is 9.90 Å². The van der Waals surface area contributed by atoms with Gasteiger partial charge in [0, 0.05) is 51.5 Å². The molecule has 0 spiro atoms. The summed E-state index contributed by atoms with van der Waals surface area (Å²) in [5.74, 6) is 0.240. The second-order valence-electron chi connectivity index (χ2n) is 5.55. The second-order valence-corrected chi connectivity index (χ2v) is 5.55. The fourth-order valence-electron chi connectivity index (χ4n) is 2.72. The van der Waals surface area contributed by atoms with Crippen LogP contribution in [-0.4, -0.2) is 58.6 Å². The number of hydrogen-bond donors (Lipinski definition) is 1. The van der Waals surface area contributed by atoms with E-state index in [4.69, 9.17) is 0 Å². The van der Waals surface area contributed by atoms with Crippen LogP contribution in [0.4, 0.5) is 0 Å². The minimum Gasteiger partial charge on any atom is -0.395 e. The third-order valence-corrected chi connectivity index (χ3v) is 3.90. The van der Waals surface area contributed by atoms with Crippen molar-refractivity contribution in [3.63, 3.8) is 0 Å². The number of aliphatic hydroxyl groups excluding tert-OH is 1. The van der Waals surface area contributed by atoms with Crippen LogP contribution in [0, 0.1) is 0 Å². The molecule has 0 atom stereocenters. The molecule has 0 saturated carbocycles. The Kier molecular flexibility index (Phi) is 6.63. The molecular weight excluding hydrogens is 266 g/mol. The molecule has 116 valence electrons. The number of hydrogen-bond acceptors (Lipinski definition) is 4. The van der Waals surface area contributed by atoms with Crippen LogP contribution in [0.25, 0.3) is 0 Å². The van der Waals surface area contributed by atoms with Gasteiger partial charge in [-0.15, -0.1) is 0 Å². The van der Waals surface area contributed by atoms with E-state index in [1.54, 1.807) is 6.20 Å². The lowest BCUT2D eigenvalue weighted by Crippen LogP contribution is -2.38. The van der Waals surface area contributed by atoms with E-state index in [0.29, 0.717) is 19.5 Å². The molecule has 1 aliphatic heterocycles. The highest BCUT2D eigenvalue weighted by Gasteiger charge is 2.17. The van der Waals surface area contributed by atoms with Crippen LogP contribution in [0.15, 0.2) is 24.5 Å². The normalized spacial score (nSPS) is 15.4. The molecular formula is C16H25N3O2. The molecule has 1 amide bonds. The molecule has 0 aliphatic carbocycles. The molecule has 2 rings (SSSR count). The predicted molar refractivity (Wildman–Crippen MR) is 81.6 cm³/mol. The van der Waals surface area contributed by atoms with Gasteiger partial charge in [-0.3, -0.25) is 14.7 Å². The van der Waals surface area contributed by atoms with Crippen LogP contribution in [0.3, 0.4) is 0 Å². The Hall–Kier alpha value is -1.46. The molecule has 0 bridgehead atoms. The number of piperidine rings is 1. The third kappa shape index (κ3) is 5.44. The van der Waals surface area contributed by atoms with Gasteiger partial charge in [0.1, 0.15) is 0 Å². The molecule has 1 aliphatic rings. The minimum absolute atomic E-state index is 0.109. The fourth-order valence-corrected chi connectivity index (χ4v) is 2.72. The monoisotopic (exact) mass is 291 g/mol. The Bertz CT molecular complexity index is 419. The molecule has 0 unspecified atom stereocenters. The van der Waals surface area contributed by atoms with E-state index in [2.05, 4.69) is 9.88 Å². The number of likely N-dealkylation sites (tertiary alicyclic amines) is 1. The van der Waals surface area contributed by atoms with Gasteiger partial charge in [0.05, 0.1) is 6.61 Å². The van der Waals surface area contributed by atoms with Crippen LogP contribution in [0.2, 0.25) is 0 Å². The van der Waals surface area contributed by atoms with E-state index in [0.717, 1.165) is 38.0 Å². The molecule has 1 fully saturated rings. The van der Waals surface area contributed by atoms with Crippen molar-refractivity contribution in [2.75, 3.05) is 32.8 Å². The maximum Gasteiger partial charge on any atom is 0.223 e. The van der Waals surface area contributed by atoms with Crippen molar-refractivity contribution >= 4 is 5.91 Å². The van der Waals surface area contributed by atoms with Gasteiger partial charge >= 0.3 is 0 Å². The lowest BCUT2D eigenvalue weighted by molar-refractivity contribution is -0.132. The quantitative estimate of drug-likeness (QED) is 0.822. The number of rotatable bonds is 7. The van der Waals surface area contributed by atoms with Crippen LogP contribution in [0.1, 0.15) is 31.2 Å². The molecule has 5 heteroatoms. The third-order valence-electron chi connectivity index (χ3n) is 3.90. The molecule has 21 heavy (non-hydrogen) atoms. The summed E-state index contributed by atoms with van der Waals surface area (Å²) in [7, 11) is 0. The van der Waals surface area contributed by atoms with Gasteiger partial charge < -0.3 is 10.0 Å². The lowest BCUT2D eigenvalue weighted by atomic mass is 10.1. The summed E-state index contributed by atoms with van der Waals surface area (Å²) >= 11 is 0. The number of amides is 1. The number of aromatic nitrogens is 1. The summed E-state index contributed by atoms with van der Waals surface area (Å²) in [5, 5.41) is 9.18. The number of aliphatic hydroxyl groups is 1. The first-order valence-electron chi connectivity index (χ1n) is 7.79. The first-order valence-corrected chi connectivity index (χ1v) is 7.79.